The molecule has 1 aliphatic rings. The van der Waals surface area contributed by atoms with Crippen molar-refractivity contribution in [3.05, 3.63) is 29.8 Å². The highest BCUT2D eigenvalue weighted by molar-refractivity contribution is 8.00. The monoisotopic (exact) mass is 320 g/mol. The molecular formula is C17H24N2O2S. The number of hydrogen-bond acceptors (Lipinski definition) is 3. The van der Waals surface area contributed by atoms with Gasteiger partial charge in [-0.05, 0) is 50.1 Å². The second-order valence-corrected chi connectivity index (χ2v) is 7.13. The molecule has 1 aliphatic carbocycles. The number of nitrogens with one attached hydrogen (secondary N) is 2. The van der Waals surface area contributed by atoms with Crippen molar-refractivity contribution in [2.45, 2.75) is 50.8 Å². The first-order valence-electron chi connectivity index (χ1n) is 7.93. The molecule has 0 heterocycles. The van der Waals surface area contributed by atoms with Crippen molar-refractivity contribution in [2.24, 2.45) is 0 Å². The van der Waals surface area contributed by atoms with Crippen molar-refractivity contribution in [3.8, 4) is 0 Å². The largest absolute Gasteiger partial charge is 0.349 e. The lowest BCUT2D eigenvalue weighted by Gasteiger charge is -2.12. The lowest BCUT2D eigenvalue weighted by molar-refractivity contribution is -0.115. The van der Waals surface area contributed by atoms with Crippen molar-refractivity contribution in [1.82, 2.24) is 5.32 Å². The lowest BCUT2D eigenvalue weighted by Crippen LogP contribution is -2.26. The minimum atomic E-state index is -0.0875. The van der Waals surface area contributed by atoms with Crippen molar-refractivity contribution >= 4 is 29.3 Å². The summed E-state index contributed by atoms with van der Waals surface area (Å²) < 4.78 is 0. The van der Waals surface area contributed by atoms with Crippen LogP contribution in [0.1, 0.15) is 49.9 Å². The maximum atomic E-state index is 12.1. The Balaban J connectivity index is 1.88. The zero-order chi connectivity index (χ0) is 15.9. The van der Waals surface area contributed by atoms with Crippen LogP contribution in [0.15, 0.2) is 24.3 Å². The first kappa shape index (κ1) is 16.9. The van der Waals surface area contributed by atoms with Crippen LogP contribution in [-0.4, -0.2) is 28.9 Å². The molecule has 0 aromatic heterocycles. The first-order chi connectivity index (χ1) is 10.6. The normalized spacial score (nSPS) is 15.2. The second-order valence-electron chi connectivity index (χ2n) is 5.68. The molecule has 0 aliphatic heterocycles. The van der Waals surface area contributed by atoms with E-state index >= 15 is 0 Å². The molecule has 0 radical (unpaired) electrons. The Morgan fingerprint density at radius 2 is 2.14 bits per heavy atom. The first-order valence-corrected chi connectivity index (χ1v) is 8.98. The molecular weight excluding hydrogens is 296 g/mol. The molecule has 2 N–H and O–H groups in total. The summed E-state index contributed by atoms with van der Waals surface area (Å²) in [5, 5.41) is 5.76. The Bertz CT molecular complexity index is 529. The van der Waals surface area contributed by atoms with Crippen LogP contribution in [0.5, 0.6) is 0 Å². The standard InChI is InChI=1S/C17H24N2O2S/c1-3-4-10-22-12(2)16(20)19-15-7-5-6-13(11-15)17(21)18-14-8-9-14/h5-7,11-12,14H,3-4,8-10H2,1-2H3,(H,18,21)(H,19,20). The van der Waals surface area contributed by atoms with Gasteiger partial charge < -0.3 is 10.6 Å². The fraction of sp³-hybridized carbons (Fsp3) is 0.529. The highest BCUT2D eigenvalue weighted by atomic mass is 32.2. The number of unbranched alkanes of at least 4 members (excludes halogenated alkanes) is 1. The SMILES string of the molecule is CCCCSC(C)C(=O)Nc1cccc(C(=O)NC2CC2)c1. The summed E-state index contributed by atoms with van der Waals surface area (Å²) in [6.07, 6.45) is 4.39. The zero-order valence-electron chi connectivity index (χ0n) is 13.2. The highest BCUT2D eigenvalue weighted by Gasteiger charge is 2.23. The van der Waals surface area contributed by atoms with E-state index in [1.165, 1.54) is 0 Å². The van der Waals surface area contributed by atoms with Gasteiger partial charge >= 0.3 is 0 Å². The molecule has 0 saturated heterocycles. The summed E-state index contributed by atoms with van der Waals surface area (Å²) in [5.74, 6) is 0.916. The van der Waals surface area contributed by atoms with E-state index in [4.69, 9.17) is 0 Å². The quantitative estimate of drug-likeness (QED) is 0.721. The third kappa shape index (κ3) is 5.37. The lowest BCUT2D eigenvalue weighted by atomic mass is 10.2. The molecule has 4 nitrogen and oxygen atoms in total. The maximum absolute atomic E-state index is 12.1. The summed E-state index contributed by atoms with van der Waals surface area (Å²) in [4.78, 5) is 24.2. The van der Waals surface area contributed by atoms with E-state index < -0.39 is 0 Å². The van der Waals surface area contributed by atoms with Crippen LogP contribution in [0.25, 0.3) is 0 Å². The average Bonchev–Trinajstić information content (AvgIpc) is 3.31. The van der Waals surface area contributed by atoms with E-state index in [0.717, 1.165) is 31.4 Å². The minimum absolute atomic E-state index is 0.0131. The Kier molecular flexibility index (Phi) is 6.31. The van der Waals surface area contributed by atoms with E-state index in [1.807, 2.05) is 13.0 Å². The molecule has 2 rings (SSSR count). The number of amides is 2. The molecule has 1 aromatic rings. The van der Waals surface area contributed by atoms with Crippen LogP contribution in [-0.2, 0) is 4.79 Å². The van der Waals surface area contributed by atoms with Crippen molar-refractivity contribution in [1.29, 1.82) is 0 Å². The van der Waals surface area contributed by atoms with Gasteiger partial charge in [-0.15, -0.1) is 11.8 Å². The Morgan fingerprint density at radius 1 is 1.36 bits per heavy atom. The van der Waals surface area contributed by atoms with Crippen LogP contribution < -0.4 is 10.6 Å². The maximum Gasteiger partial charge on any atom is 0.251 e. The molecule has 0 bridgehead atoms. The fourth-order valence-electron chi connectivity index (χ4n) is 1.96. The molecule has 1 unspecified atom stereocenters. The van der Waals surface area contributed by atoms with Crippen LogP contribution in [0, 0.1) is 0 Å². The summed E-state index contributed by atoms with van der Waals surface area (Å²) in [5.41, 5.74) is 1.27. The number of carbonyl (C=O) groups is 2. The van der Waals surface area contributed by atoms with Crippen LogP contribution in [0.4, 0.5) is 5.69 Å². The number of anilines is 1. The van der Waals surface area contributed by atoms with E-state index in [2.05, 4.69) is 17.6 Å². The molecule has 1 aromatic carbocycles. The van der Waals surface area contributed by atoms with E-state index in [0.29, 0.717) is 17.3 Å². The van der Waals surface area contributed by atoms with Gasteiger partial charge in [-0.2, -0.15) is 0 Å². The van der Waals surface area contributed by atoms with Gasteiger partial charge in [0, 0.05) is 17.3 Å². The molecule has 1 saturated carbocycles. The van der Waals surface area contributed by atoms with Gasteiger partial charge in [0.2, 0.25) is 5.91 Å². The van der Waals surface area contributed by atoms with Gasteiger partial charge in [-0.25, -0.2) is 0 Å². The molecule has 1 atom stereocenters. The number of thioether (sulfide) groups is 1. The van der Waals surface area contributed by atoms with Crippen LogP contribution in [0.3, 0.4) is 0 Å². The number of hydrogen-bond donors (Lipinski definition) is 2. The summed E-state index contributed by atoms with van der Waals surface area (Å²) in [6.45, 7) is 4.06. The summed E-state index contributed by atoms with van der Waals surface area (Å²) in [6, 6.07) is 7.45. The Morgan fingerprint density at radius 3 is 2.82 bits per heavy atom. The number of rotatable bonds is 8. The second kappa shape index (κ2) is 8.22. The summed E-state index contributed by atoms with van der Waals surface area (Å²) in [7, 11) is 0. The van der Waals surface area contributed by atoms with Gasteiger partial charge in [-0.3, -0.25) is 9.59 Å². The van der Waals surface area contributed by atoms with Gasteiger partial charge in [0.25, 0.3) is 5.91 Å². The predicted molar refractivity (Wildman–Crippen MR) is 92.4 cm³/mol. The highest BCUT2D eigenvalue weighted by Crippen LogP contribution is 2.20. The molecule has 5 heteroatoms. The van der Waals surface area contributed by atoms with Crippen LogP contribution in [0.2, 0.25) is 0 Å². The number of benzene rings is 1. The van der Waals surface area contributed by atoms with Gasteiger partial charge in [0.15, 0.2) is 0 Å². The third-order valence-electron chi connectivity index (χ3n) is 3.54. The van der Waals surface area contributed by atoms with E-state index in [1.54, 1.807) is 30.0 Å². The molecule has 120 valence electrons. The molecule has 0 spiro atoms. The van der Waals surface area contributed by atoms with Gasteiger partial charge in [-0.1, -0.05) is 19.4 Å². The van der Waals surface area contributed by atoms with Crippen molar-refractivity contribution in [2.75, 3.05) is 11.1 Å². The minimum Gasteiger partial charge on any atom is -0.349 e. The smallest absolute Gasteiger partial charge is 0.251 e. The Hall–Kier alpha value is -1.49. The van der Waals surface area contributed by atoms with E-state index in [9.17, 15) is 9.59 Å². The number of carbonyl (C=O) groups excluding carboxylic acids is 2. The average molecular weight is 320 g/mol. The van der Waals surface area contributed by atoms with Crippen LogP contribution >= 0.6 is 11.8 Å². The van der Waals surface area contributed by atoms with Crippen molar-refractivity contribution < 1.29 is 9.59 Å². The zero-order valence-corrected chi connectivity index (χ0v) is 14.0. The third-order valence-corrected chi connectivity index (χ3v) is 4.78. The van der Waals surface area contributed by atoms with Gasteiger partial charge in [0.1, 0.15) is 0 Å². The molecule has 22 heavy (non-hydrogen) atoms. The molecule has 2 amide bonds. The fourth-order valence-corrected chi connectivity index (χ4v) is 2.98. The van der Waals surface area contributed by atoms with Gasteiger partial charge in [0.05, 0.1) is 5.25 Å². The summed E-state index contributed by atoms with van der Waals surface area (Å²) >= 11 is 1.66. The predicted octanol–water partition coefficient (Wildman–Crippen LogP) is 3.44. The molecule has 1 fully saturated rings. The Labute approximate surface area is 136 Å². The van der Waals surface area contributed by atoms with E-state index in [-0.39, 0.29) is 17.1 Å². The van der Waals surface area contributed by atoms with Crippen molar-refractivity contribution in [3.63, 3.8) is 0 Å². The topological polar surface area (TPSA) is 58.2 Å².